The first kappa shape index (κ1) is 23.5. The van der Waals surface area contributed by atoms with Gasteiger partial charge in [0.25, 0.3) is 5.91 Å². The van der Waals surface area contributed by atoms with E-state index in [9.17, 15) is 14.7 Å². The Morgan fingerprint density at radius 3 is 2.42 bits per heavy atom. The van der Waals surface area contributed by atoms with Crippen LogP contribution >= 0.6 is 23.2 Å². The van der Waals surface area contributed by atoms with Crippen molar-refractivity contribution < 1.29 is 14.7 Å². The molecule has 0 bridgehead atoms. The summed E-state index contributed by atoms with van der Waals surface area (Å²) < 4.78 is 0. The molecule has 1 heterocycles. The summed E-state index contributed by atoms with van der Waals surface area (Å²) in [5.41, 5.74) is 4.45. The molecule has 2 amide bonds. The van der Waals surface area contributed by atoms with Crippen molar-refractivity contribution in [2.24, 2.45) is 5.73 Å². The fraction of sp³-hybridized carbons (Fsp3) is 0.391. The zero-order chi connectivity index (χ0) is 22.8. The van der Waals surface area contributed by atoms with E-state index in [1.165, 1.54) is 17.0 Å². The molecule has 3 N–H and O–H groups in total. The number of aliphatic hydroxyl groups is 1. The number of benzene rings is 2. The molecule has 166 valence electrons. The highest BCUT2D eigenvalue weighted by Crippen LogP contribution is 2.49. The predicted molar refractivity (Wildman–Crippen MR) is 124 cm³/mol. The lowest BCUT2D eigenvalue weighted by Gasteiger charge is -2.25. The molecule has 1 atom stereocenters. The summed E-state index contributed by atoms with van der Waals surface area (Å²) in [7, 11) is 0. The quantitative estimate of drug-likeness (QED) is 0.553. The van der Waals surface area contributed by atoms with Crippen LogP contribution in [-0.2, 0) is 10.4 Å². The second-order valence-electron chi connectivity index (χ2n) is 7.60. The number of fused-ring (bicyclic) bond motifs is 1. The smallest absolute Gasteiger partial charge is 0.268 e. The largest absolute Gasteiger partial charge is 0.372 e. The molecule has 2 aromatic carbocycles. The molecule has 8 heteroatoms. The number of halogens is 2. The van der Waals surface area contributed by atoms with Crippen molar-refractivity contribution >= 4 is 40.7 Å². The molecule has 0 radical (unpaired) electrons. The van der Waals surface area contributed by atoms with Crippen molar-refractivity contribution in [2.75, 3.05) is 31.1 Å². The van der Waals surface area contributed by atoms with Gasteiger partial charge in [-0.2, -0.15) is 0 Å². The topological polar surface area (TPSA) is 86.9 Å². The van der Waals surface area contributed by atoms with E-state index in [4.69, 9.17) is 28.9 Å². The molecular formula is C23H27Cl2N3O3. The standard InChI is InChI=1S/C23H27Cl2N3O3/c1-3-27(4-2)11-7-8-12-28-19-14-15(21(26)29)13-18(25)20(19)23(31,22(28)30)16-9-5-6-10-17(16)24/h5-6,9-10,13-14,31H,3-4,7-8,11-12H2,1-2H3,(H2,26,29). The second kappa shape index (κ2) is 9.57. The van der Waals surface area contributed by atoms with Gasteiger partial charge in [-0.1, -0.05) is 55.2 Å². The van der Waals surface area contributed by atoms with E-state index >= 15 is 0 Å². The van der Waals surface area contributed by atoms with Crippen LogP contribution < -0.4 is 10.6 Å². The Hall–Kier alpha value is -2.12. The lowest BCUT2D eigenvalue weighted by molar-refractivity contribution is -0.132. The Morgan fingerprint density at radius 2 is 1.81 bits per heavy atom. The molecule has 0 fully saturated rings. The summed E-state index contributed by atoms with van der Waals surface area (Å²) >= 11 is 12.8. The van der Waals surface area contributed by atoms with Gasteiger partial charge in [0.2, 0.25) is 5.91 Å². The maximum atomic E-state index is 13.5. The summed E-state index contributed by atoms with van der Waals surface area (Å²) in [5.74, 6) is -1.20. The Kier molecular flexibility index (Phi) is 7.27. The van der Waals surface area contributed by atoms with Gasteiger partial charge in [-0.25, -0.2) is 0 Å². The van der Waals surface area contributed by atoms with Crippen LogP contribution in [0.1, 0.15) is 48.2 Å². The summed E-state index contributed by atoms with van der Waals surface area (Å²) in [6.07, 6.45) is 1.60. The molecule has 1 unspecified atom stereocenters. The molecule has 0 saturated carbocycles. The van der Waals surface area contributed by atoms with Crippen LogP contribution in [0.15, 0.2) is 36.4 Å². The Labute approximate surface area is 192 Å². The summed E-state index contributed by atoms with van der Waals surface area (Å²) in [6, 6.07) is 9.53. The zero-order valence-electron chi connectivity index (χ0n) is 17.7. The van der Waals surface area contributed by atoms with E-state index in [2.05, 4.69) is 18.7 Å². The summed E-state index contributed by atoms with van der Waals surface area (Å²) in [6.45, 7) is 7.44. The predicted octanol–water partition coefficient (Wildman–Crippen LogP) is 3.80. The molecule has 1 aliphatic heterocycles. The van der Waals surface area contributed by atoms with E-state index in [0.717, 1.165) is 32.5 Å². The monoisotopic (exact) mass is 463 g/mol. The van der Waals surface area contributed by atoms with Gasteiger partial charge < -0.3 is 20.6 Å². The number of nitrogens with two attached hydrogens (primary N) is 1. The Balaban J connectivity index is 2.02. The first-order chi connectivity index (χ1) is 14.7. The van der Waals surface area contributed by atoms with Crippen molar-refractivity contribution in [3.8, 4) is 0 Å². The molecule has 0 aliphatic carbocycles. The number of rotatable bonds is 9. The molecule has 1 aliphatic rings. The van der Waals surface area contributed by atoms with Gasteiger partial charge in [-0.15, -0.1) is 0 Å². The lowest BCUT2D eigenvalue weighted by atomic mass is 9.87. The third-order valence-corrected chi connectivity index (χ3v) is 6.45. The van der Waals surface area contributed by atoms with E-state index in [1.54, 1.807) is 24.3 Å². The lowest BCUT2D eigenvalue weighted by Crippen LogP contribution is -2.42. The number of carbonyl (C=O) groups excluding carboxylic acids is 2. The number of anilines is 1. The fourth-order valence-electron chi connectivity index (χ4n) is 4.09. The van der Waals surface area contributed by atoms with E-state index in [-0.39, 0.29) is 26.7 Å². The minimum atomic E-state index is -2.04. The van der Waals surface area contributed by atoms with Crippen LogP contribution in [0.4, 0.5) is 5.69 Å². The number of carbonyl (C=O) groups is 2. The highest BCUT2D eigenvalue weighted by atomic mass is 35.5. The maximum Gasteiger partial charge on any atom is 0.268 e. The van der Waals surface area contributed by atoms with Gasteiger partial charge in [0.15, 0.2) is 5.60 Å². The third kappa shape index (κ3) is 4.30. The van der Waals surface area contributed by atoms with E-state index < -0.39 is 17.4 Å². The van der Waals surface area contributed by atoms with E-state index in [1.807, 2.05) is 0 Å². The van der Waals surface area contributed by atoms with Crippen LogP contribution in [0.2, 0.25) is 10.0 Å². The second-order valence-corrected chi connectivity index (χ2v) is 8.41. The van der Waals surface area contributed by atoms with Crippen LogP contribution in [0, 0.1) is 0 Å². The Morgan fingerprint density at radius 1 is 1.13 bits per heavy atom. The Bertz CT molecular complexity index is 994. The highest BCUT2D eigenvalue weighted by molar-refractivity contribution is 6.35. The van der Waals surface area contributed by atoms with Crippen LogP contribution in [-0.4, -0.2) is 48.0 Å². The first-order valence-corrected chi connectivity index (χ1v) is 11.2. The average Bonchev–Trinajstić information content (AvgIpc) is 2.96. The normalized spacial score (nSPS) is 18.0. The molecule has 3 rings (SSSR count). The number of amides is 2. The SMILES string of the molecule is CCN(CC)CCCCN1C(=O)C(O)(c2ccccc2Cl)c2c(Cl)cc(C(N)=O)cc21. The molecule has 0 aromatic heterocycles. The molecule has 0 spiro atoms. The molecule has 31 heavy (non-hydrogen) atoms. The molecular weight excluding hydrogens is 437 g/mol. The van der Waals surface area contributed by atoms with Gasteiger partial charge in [-0.05, 0) is 50.7 Å². The van der Waals surface area contributed by atoms with Crippen molar-refractivity contribution in [2.45, 2.75) is 32.3 Å². The minimum absolute atomic E-state index is 0.0905. The van der Waals surface area contributed by atoms with Crippen molar-refractivity contribution in [1.29, 1.82) is 0 Å². The summed E-state index contributed by atoms with van der Waals surface area (Å²) in [5, 5.41) is 12.0. The number of primary amides is 1. The van der Waals surface area contributed by atoms with Crippen LogP contribution in [0.3, 0.4) is 0 Å². The molecule has 2 aromatic rings. The maximum absolute atomic E-state index is 13.5. The number of unbranched alkanes of at least 4 members (excludes halogenated alkanes) is 1. The van der Waals surface area contributed by atoms with Gasteiger partial charge in [0.05, 0.1) is 10.7 Å². The van der Waals surface area contributed by atoms with Gasteiger partial charge in [0.1, 0.15) is 0 Å². The first-order valence-electron chi connectivity index (χ1n) is 10.4. The van der Waals surface area contributed by atoms with Gasteiger partial charge in [-0.3, -0.25) is 9.59 Å². The number of hydrogen-bond donors (Lipinski definition) is 2. The van der Waals surface area contributed by atoms with Crippen molar-refractivity contribution in [1.82, 2.24) is 4.90 Å². The van der Waals surface area contributed by atoms with Crippen molar-refractivity contribution in [3.05, 3.63) is 63.1 Å². The van der Waals surface area contributed by atoms with Crippen molar-refractivity contribution in [3.63, 3.8) is 0 Å². The highest BCUT2D eigenvalue weighted by Gasteiger charge is 2.53. The van der Waals surface area contributed by atoms with Gasteiger partial charge in [0, 0.05) is 28.3 Å². The van der Waals surface area contributed by atoms with Crippen LogP contribution in [0.25, 0.3) is 0 Å². The zero-order valence-corrected chi connectivity index (χ0v) is 19.2. The molecule has 6 nitrogen and oxygen atoms in total. The van der Waals surface area contributed by atoms with E-state index in [0.29, 0.717) is 12.2 Å². The minimum Gasteiger partial charge on any atom is -0.372 e. The average molecular weight is 464 g/mol. The molecule has 0 saturated heterocycles. The van der Waals surface area contributed by atoms with Crippen LogP contribution in [0.5, 0.6) is 0 Å². The number of hydrogen-bond acceptors (Lipinski definition) is 4. The third-order valence-electron chi connectivity index (χ3n) is 5.83. The fourth-order valence-corrected chi connectivity index (χ4v) is 4.71. The summed E-state index contributed by atoms with van der Waals surface area (Å²) in [4.78, 5) is 29.1. The number of nitrogens with zero attached hydrogens (tertiary/aromatic N) is 2. The van der Waals surface area contributed by atoms with Gasteiger partial charge >= 0.3 is 0 Å².